The number of nitrogens with zero attached hydrogens (tertiary/aromatic N) is 4. The predicted molar refractivity (Wildman–Crippen MR) is 98.7 cm³/mol. The Labute approximate surface area is 156 Å². The van der Waals surface area contributed by atoms with Crippen LogP contribution in [-0.4, -0.2) is 66.4 Å². The van der Waals surface area contributed by atoms with Crippen LogP contribution in [0.25, 0.3) is 0 Å². The molecule has 2 aliphatic rings. The topological polar surface area (TPSA) is 92.6 Å². The monoisotopic (exact) mass is 404 g/mol. The molecule has 1 saturated carbocycles. The molecule has 1 saturated heterocycles. The number of aryl methyl sites for hydroxylation is 2. The lowest BCUT2D eigenvalue weighted by Gasteiger charge is -2.28. The molecule has 0 aromatic carbocycles. The Morgan fingerprint density at radius 2 is 1.54 bits per heavy atom. The lowest BCUT2D eigenvalue weighted by molar-refractivity contribution is 0.387. The Kier molecular flexibility index (Phi) is 5.76. The van der Waals surface area contributed by atoms with E-state index in [2.05, 4.69) is 4.98 Å². The third-order valence-corrected chi connectivity index (χ3v) is 9.61. The molecule has 26 heavy (non-hydrogen) atoms. The molecule has 3 rings (SSSR count). The van der Waals surface area contributed by atoms with Crippen molar-refractivity contribution in [1.82, 2.24) is 18.2 Å². The molecule has 10 heteroatoms. The third kappa shape index (κ3) is 3.83. The van der Waals surface area contributed by atoms with Crippen LogP contribution in [0.15, 0.2) is 11.2 Å². The normalized spacial score (nSPS) is 22.4. The average Bonchev–Trinajstić information content (AvgIpc) is 2.83. The fourth-order valence-electron chi connectivity index (χ4n) is 3.72. The van der Waals surface area contributed by atoms with E-state index < -0.39 is 20.0 Å². The maximum absolute atomic E-state index is 12.9. The minimum Gasteiger partial charge on any atom is -0.337 e. The van der Waals surface area contributed by atoms with Gasteiger partial charge in [-0.1, -0.05) is 19.3 Å². The van der Waals surface area contributed by atoms with Crippen LogP contribution >= 0.6 is 0 Å². The fourth-order valence-corrected chi connectivity index (χ4v) is 7.29. The van der Waals surface area contributed by atoms with E-state index in [1.54, 1.807) is 18.5 Å². The smallest absolute Gasteiger partial charge is 0.262 e. The summed E-state index contributed by atoms with van der Waals surface area (Å²) in [6.45, 7) is 2.83. The number of aromatic nitrogens is 2. The molecule has 1 aromatic rings. The van der Waals surface area contributed by atoms with E-state index in [9.17, 15) is 16.8 Å². The van der Waals surface area contributed by atoms with Crippen molar-refractivity contribution in [3.05, 3.63) is 12.0 Å². The van der Waals surface area contributed by atoms with E-state index in [4.69, 9.17) is 0 Å². The number of imidazole rings is 1. The highest BCUT2D eigenvalue weighted by Crippen LogP contribution is 2.27. The van der Waals surface area contributed by atoms with Crippen molar-refractivity contribution >= 4 is 20.0 Å². The van der Waals surface area contributed by atoms with Crippen LogP contribution in [0, 0.1) is 6.92 Å². The minimum absolute atomic E-state index is 0.0288. The summed E-state index contributed by atoms with van der Waals surface area (Å²) in [5.74, 6) is 0.625. The number of hydrogen-bond acceptors (Lipinski definition) is 5. The van der Waals surface area contributed by atoms with Gasteiger partial charge in [-0.25, -0.2) is 26.1 Å². The van der Waals surface area contributed by atoms with Crippen molar-refractivity contribution in [2.75, 3.05) is 26.2 Å². The molecule has 0 bridgehead atoms. The second-order valence-electron chi connectivity index (χ2n) is 7.20. The lowest BCUT2D eigenvalue weighted by atomic mass is 10.0. The van der Waals surface area contributed by atoms with Gasteiger partial charge in [0.1, 0.15) is 5.82 Å². The standard InChI is InChI=1S/C16H28N4O4S2/c1-14-17-16(13-18(14)2)26(23,24)20-10-6-9-19(11-12-20)25(21,22)15-7-4-3-5-8-15/h13,15H,3-12H2,1-2H3. The van der Waals surface area contributed by atoms with Crippen molar-refractivity contribution in [2.45, 2.75) is 55.7 Å². The Hall–Kier alpha value is -0.970. The highest BCUT2D eigenvalue weighted by Gasteiger charge is 2.36. The molecule has 0 spiro atoms. The van der Waals surface area contributed by atoms with E-state index in [-0.39, 0.29) is 23.4 Å². The van der Waals surface area contributed by atoms with Crippen LogP contribution in [0.4, 0.5) is 0 Å². The van der Waals surface area contributed by atoms with Gasteiger partial charge in [0.2, 0.25) is 10.0 Å². The minimum atomic E-state index is -3.70. The summed E-state index contributed by atoms with van der Waals surface area (Å²) in [5.41, 5.74) is 0. The molecule has 148 valence electrons. The fraction of sp³-hybridized carbons (Fsp3) is 0.812. The zero-order chi connectivity index (χ0) is 18.9. The highest BCUT2D eigenvalue weighted by atomic mass is 32.2. The SMILES string of the molecule is Cc1nc(S(=O)(=O)N2CCCN(S(=O)(=O)C3CCCCC3)CC2)cn1C. The Balaban J connectivity index is 1.73. The van der Waals surface area contributed by atoms with Crippen LogP contribution in [0.1, 0.15) is 44.3 Å². The van der Waals surface area contributed by atoms with Crippen LogP contribution < -0.4 is 0 Å². The summed E-state index contributed by atoms with van der Waals surface area (Å²) < 4.78 is 56.1. The van der Waals surface area contributed by atoms with E-state index in [1.807, 2.05) is 0 Å². The Morgan fingerprint density at radius 1 is 0.923 bits per heavy atom. The zero-order valence-corrected chi connectivity index (χ0v) is 17.1. The number of hydrogen-bond donors (Lipinski definition) is 0. The van der Waals surface area contributed by atoms with Gasteiger partial charge < -0.3 is 4.57 Å². The van der Waals surface area contributed by atoms with E-state index in [1.165, 1.54) is 14.8 Å². The van der Waals surface area contributed by atoms with Gasteiger partial charge in [-0.3, -0.25) is 0 Å². The largest absolute Gasteiger partial charge is 0.337 e. The Bertz CT molecular complexity index is 822. The van der Waals surface area contributed by atoms with E-state index >= 15 is 0 Å². The molecule has 0 unspecified atom stereocenters. The molecule has 0 radical (unpaired) electrons. The first kappa shape index (κ1) is 19.8. The summed E-state index contributed by atoms with van der Waals surface area (Å²) in [7, 11) is -5.30. The molecular weight excluding hydrogens is 376 g/mol. The maximum Gasteiger partial charge on any atom is 0.262 e. The van der Waals surface area contributed by atoms with Crippen LogP contribution in [0.3, 0.4) is 0 Å². The second kappa shape index (κ2) is 7.57. The molecule has 2 heterocycles. The number of rotatable bonds is 4. The van der Waals surface area contributed by atoms with Gasteiger partial charge in [0.15, 0.2) is 5.03 Å². The summed E-state index contributed by atoms with van der Waals surface area (Å²) in [6, 6.07) is 0. The molecule has 8 nitrogen and oxygen atoms in total. The first-order valence-electron chi connectivity index (χ1n) is 9.22. The molecule has 1 aromatic heterocycles. The van der Waals surface area contributed by atoms with Gasteiger partial charge >= 0.3 is 0 Å². The van der Waals surface area contributed by atoms with Crippen molar-refractivity contribution in [3.63, 3.8) is 0 Å². The highest BCUT2D eigenvalue weighted by molar-refractivity contribution is 7.89. The summed E-state index contributed by atoms with van der Waals surface area (Å²) in [6.07, 6.45) is 6.45. The maximum atomic E-state index is 12.9. The van der Waals surface area contributed by atoms with Crippen molar-refractivity contribution in [2.24, 2.45) is 7.05 Å². The van der Waals surface area contributed by atoms with Crippen LogP contribution in [0.2, 0.25) is 0 Å². The molecule has 1 aliphatic carbocycles. The summed E-state index contributed by atoms with van der Waals surface area (Å²) in [4.78, 5) is 4.13. The van der Waals surface area contributed by atoms with Gasteiger partial charge in [-0.2, -0.15) is 4.31 Å². The quantitative estimate of drug-likeness (QED) is 0.749. The first-order chi connectivity index (χ1) is 12.2. The molecule has 0 N–H and O–H groups in total. The van der Waals surface area contributed by atoms with Crippen molar-refractivity contribution < 1.29 is 16.8 Å². The van der Waals surface area contributed by atoms with Gasteiger partial charge in [0, 0.05) is 39.4 Å². The van der Waals surface area contributed by atoms with E-state index in [0.29, 0.717) is 38.2 Å². The molecule has 1 aliphatic heterocycles. The lowest BCUT2D eigenvalue weighted by Crippen LogP contribution is -2.42. The van der Waals surface area contributed by atoms with Gasteiger partial charge in [-0.05, 0) is 26.2 Å². The zero-order valence-electron chi connectivity index (χ0n) is 15.5. The van der Waals surface area contributed by atoms with Crippen molar-refractivity contribution in [1.29, 1.82) is 0 Å². The molecular formula is C16H28N4O4S2. The van der Waals surface area contributed by atoms with E-state index in [0.717, 1.165) is 19.3 Å². The van der Waals surface area contributed by atoms with Gasteiger partial charge in [-0.15, -0.1) is 0 Å². The van der Waals surface area contributed by atoms with Crippen LogP contribution in [-0.2, 0) is 27.1 Å². The average molecular weight is 405 g/mol. The molecule has 0 amide bonds. The van der Waals surface area contributed by atoms with Crippen LogP contribution in [0.5, 0.6) is 0 Å². The first-order valence-corrected chi connectivity index (χ1v) is 12.2. The Morgan fingerprint density at radius 3 is 2.15 bits per heavy atom. The summed E-state index contributed by atoms with van der Waals surface area (Å²) in [5, 5.41) is -0.279. The number of sulfonamides is 2. The summed E-state index contributed by atoms with van der Waals surface area (Å²) >= 11 is 0. The van der Waals surface area contributed by atoms with Gasteiger partial charge in [0.05, 0.1) is 5.25 Å². The van der Waals surface area contributed by atoms with Crippen molar-refractivity contribution in [3.8, 4) is 0 Å². The third-order valence-electron chi connectivity index (χ3n) is 5.44. The molecule has 0 atom stereocenters. The predicted octanol–water partition coefficient (Wildman–Crippen LogP) is 1.09. The second-order valence-corrected chi connectivity index (χ2v) is 11.3. The van der Waals surface area contributed by atoms with Gasteiger partial charge in [0.25, 0.3) is 10.0 Å². The molecule has 2 fully saturated rings.